The number of hydrogen-bond donors (Lipinski definition) is 1. The molecule has 0 aromatic carbocycles. The van der Waals surface area contributed by atoms with Gasteiger partial charge in [-0.1, -0.05) is 12.5 Å². The van der Waals surface area contributed by atoms with Crippen molar-refractivity contribution in [2.45, 2.75) is 39.5 Å². The van der Waals surface area contributed by atoms with Crippen LogP contribution in [-0.2, 0) is 4.79 Å². The van der Waals surface area contributed by atoms with Gasteiger partial charge in [-0.05, 0) is 44.1 Å². The second-order valence-corrected chi connectivity index (χ2v) is 4.45. The molecule has 0 heterocycles. The second-order valence-electron chi connectivity index (χ2n) is 4.45. The molecule has 72 valence electrons. The van der Waals surface area contributed by atoms with Gasteiger partial charge < -0.3 is 5.11 Å². The molecule has 0 aromatic heterocycles. The third-order valence-electron chi connectivity index (χ3n) is 3.81. The molecule has 2 rings (SSSR count). The van der Waals surface area contributed by atoms with Crippen LogP contribution in [0.4, 0.5) is 0 Å². The molecule has 0 aromatic rings. The molecular formula is C11H16O2. The van der Waals surface area contributed by atoms with E-state index in [0.717, 1.165) is 12.8 Å². The maximum atomic E-state index is 11.0. The summed E-state index contributed by atoms with van der Waals surface area (Å²) in [6.07, 6.45) is 4.79. The lowest BCUT2D eigenvalue weighted by molar-refractivity contribution is -0.142. The number of carboxylic acids is 1. The summed E-state index contributed by atoms with van der Waals surface area (Å²) in [5.41, 5.74) is 2.16. The highest BCUT2D eigenvalue weighted by atomic mass is 16.4. The highest BCUT2D eigenvalue weighted by Crippen LogP contribution is 2.61. The van der Waals surface area contributed by atoms with Gasteiger partial charge in [-0.15, -0.1) is 0 Å². The third-order valence-corrected chi connectivity index (χ3v) is 3.81. The number of carboxylic acid groups (broad SMARTS) is 1. The molecule has 0 saturated heterocycles. The molecular weight excluding hydrogens is 164 g/mol. The van der Waals surface area contributed by atoms with E-state index in [0.29, 0.717) is 0 Å². The average Bonchev–Trinajstić information content (AvgIpc) is 2.56. The summed E-state index contributed by atoms with van der Waals surface area (Å²) < 4.78 is 0. The predicted octanol–water partition coefficient (Wildman–Crippen LogP) is 2.60. The lowest BCUT2D eigenvalue weighted by Crippen LogP contribution is -2.12. The summed E-state index contributed by atoms with van der Waals surface area (Å²) in [5, 5.41) is 9.08. The summed E-state index contributed by atoms with van der Waals surface area (Å²) in [6.45, 7) is 3.90. The van der Waals surface area contributed by atoms with Crippen molar-refractivity contribution in [1.82, 2.24) is 0 Å². The molecule has 2 unspecified atom stereocenters. The lowest BCUT2D eigenvalue weighted by Gasteiger charge is -2.00. The molecule has 0 spiro atoms. The van der Waals surface area contributed by atoms with Gasteiger partial charge in [0, 0.05) is 0 Å². The van der Waals surface area contributed by atoms with Crippen LogP contribution in [0.3, 0.4) is 0 Å². The quantitative estimate of drug-likeness (QED) is 0.630. The largest absolute Gasteiger partial charge is 0.481 e. The summed E-state index contributed by atoms with van der Waals surface area (Å²) in [4.78, 5) is 11.0. The lowest BCUT2D eigenvalue weighted by atomic mass is 10.1. The van der Waals surface area contributed by atoms with Crippen LogP contribution >= 0.6 is 0 Å². The van der Waals surface area contributed by atoms with Crippen molar-refractivity contribution in [3.05, 3.63) is 11.1 Å². The minimum absolute atomic E-state index is 0.276. The van der Waals surface area contributed by atoms with Gasteiger partial charge in [-0.3, -0.25) is 4.79 Å². The molecule has 2 aliphatic carbocycles. The minimum Gasteiger partial charge on any atom is -0.481 e. The topological polar surface area (TPSA) is 37.3 Å². The molecule has 13 heavy (non-hydrogen) atoms. The highest BCUT2D eigenvalue weighted by molar-refractivity contribution is 5.86. The van der Waals surface area contributed by atoms with E-state index < -0.39 is 11.4 Å². The molecule has 0 amide bonds. The summed E-state index contributed by atoms with van der Waals surface area (Å²) in [6, 6.07) is 0. The van der Waals surface area contributed by atoms with E-state index in [1.54, 1.807) is 0 Å². The van der Waals surface area contributed by atoms with Crippen LogP contribution in [0.25, 0.3) is 0 Å². The van der Waals surface area contributed by atoms with Crippen molar-refractivity contribution in [3.63, 3.8) is 0 Å². The van der Waals surface area contributed by atoms with Crippen LogP contribution < -0.4 is 0 Å². The predicted molar refractivity (Wildman–Crippen MR) is 50.4 cm³/mol. The number of allylic oxidation sites excluding steroid dienone is 1. The monoisotopic (exact) mass is 180 g/mol. The fourth-order valence-electron chi connectivity index (χ4n) is 2.67. The van der Waals surface area contributed by atoms with Crippen LogP contribution in [0.1, 0.15) is 39.5 Å². The molecule has 2 aliphatic rings. The van der Waals surface area contributed by atoms with Crippen molar-refractivity contribution < 1.29 is 9.90 Å². The molecule has 2 fully saturated rings. The first-order valence-corrected chi connectivity index (χ1v) is 5.04. The van der Waals surface area contributed by atoms with E-state index in [2.05, 4.69) is 0 Å². The molecule has 2 nitrogen and oxygen atoms in total. The van der Waals surface area contributed by atoms with Gasteiger partial charge in [-0.2, -0.15) is 0 Å². The van der Waals surface area contributed by atoms with Crippen molar-refractivity contribution in [2.24, 2.45) is 11.3 Å². The maximum absolute atomic E-state index is 11.0. The Morgan fingerprint density at radius 2 is 2.00 bits per heavy atom. The van der Waals surface area contributed by atoms with E-state index in [1.807, 2.05) is 13.8 Å². The van der Waals surface area contributed by atoms with Crippen LogP contribution in [-0.4, -0.2) is 11.1 Å². The Labute approximate surface area is 78.6 Å². The minimum atomic E-state index is -0.644. The third kappa shape index (κ3) is 1.04. The number of carbonyl (C=O) groups is 1. The van der Waals surface area contributed by atoms with Crippen LogP contribution in [0.15, 0.2) is 11.1 Å². The normalized spacial score (nSPS) is 38.2. The Balaban J connectivity index is 2.30. The van der Waals surface area contributed by atoms with Crippen LogP contribution in [0.5, 0.6) is 0 Å². The molecule has 0 bridgehead atoms. The van der Waals surface area contributed by atoms with Gasteiger partial charge in [0.05, 0.1) is 5.41 Å². The number of aliphatic carboxylic acids is 1. The maximum Gasteiger partial charge on any atom is 0.314 e. The van der Waals surface area contributed by atoms with Crippen molar-refractivity contribution in [2.75, 3.05) is 0 Å². The van der Waals surface area contributed by atoms with E-state index in [-0.39, 0.29) is 5.92 Å². The van der Waals surface area contributed by atoms with Gasteiger partial charge in [0.15, 0.2) is 0 Å². The van der Waals surface area contributed by atoms with Gasteiger partial charge >= 0.3 is 5.97 Å². The fraction of sp³-hybridized carbons (Fsp3) is 0.727. The number of rotatable bonds is 1. The second kappa shape index (κ2) is 2.60. The Morgan fingerprint density at radius 3 is 2.38 bits per heavy atom. The molecule has 2 atom stereocenters. The van der Waals surface area contributed by atoms with E-state index in [4.69, 9.17) is 5.11 Å². The summed E-state index contributed by atoms with van der Waals surface area (Å²) in [7, 11) is 0. The fourth-order valence-corrected chi connectivity index (χ4v) is 2.67. The van der Waals surface area contributed by atoms with Crippen molar-refractivity contribution in [1.29, 1.82) is 0 Å². The molecule has 1 N–H and O–H groups in total. The first-order valence-electron chi connectivity index (χ1n) is 5.04. The number of hydrogen-bond acceptors (Lipinski definition) is 1. The Morgan fingerprint density at radius 1 is 1.46 bits per heavy atom. The van der Waals surface area contributed by atoms with Crippen molar-refractivity contribution in [3.8, 4) is 0 Å². The molecule has 0 radical (unpaired) electrons. The van der Waals surface area contributed by atoms with E-state index in [9.17, 15) is 4.79 Å². The zero-order valence-corrected chi connectivity index (χ0v) is 8.26. The van der Waals surface area contributed by atoms with Gasteiger partial charge in [0.25, 0.3) is 0 Å². The van der Waals surface area contributed by atoms with Crippen molar-refractivity contribution >= 4 is 5.97 Å². The highest BCUT2D eigenvalue weighted by Gasteiger charge is 2.60. The molecule has 0 aliphatic heterocycles. The van der Waals surface area contributed by atoms with Crippen LogP contribution in [0.2, 0.25) is 0 Å². The molecule has 2 heteroatoms. The average molecular weight is 180 g/mol. The zero-order valence-electron chi connectivity index (χ0n) is 8.26. The zero-order chi connectivity index (χ0) is 9.64. The van der Waals surface area contributed by atoms with Gasteiger partial charge in [-0.25, -0.2) is 0 Å². The Hall–Kier alpha value is -0.790. The van der Waals surface area contributed by atoms with Crippen LogP contribution in [0, 0.1) is 11.3 Å². The Kier molecular flexibility index (Phi) is 1.76. The first kappa shape index (κ1) is 8.79. The summed E-state index contributed by atoms with van der Waals surface area (Å²) >= 11 is 0. The van der Waals surface area contributed by atoms with E-state index >= 15 is 0 Å². The standard InChI is InChI=1S/C11H16O2/c1-7-9(8-5-3-4-6-8)11(7,2)10(12)13/h7H,3-6H2,1-2H3,(H,12,13). The SMILES string of the molecule is CC1C(=C2CCCC2)C1(C)C(=O)O. The Bertz CT molecular complexity index is 282. The molecule has 2 saturated carbocycles. The van der Waals surface area contributed by atoms with Gasteiger partial charge in [0.1, 0.15) is 0 Å². The smallest absolute Gasteiger partial charge is 0.314 e. The first-order chi connectivity index (χ1) is 6.08. The van der Waals surface area contributed by atoms with Gasteiger partial charge in [0.2, 0.25) is 0 Å². The van der Waals surface area contributed by atoms with E-state index in [1.165, 1.54) is 24.0 Å². The summed E-state index contributed by atoms with van der Waals surface area (Å²) in [5.74, 6) is -0.368.